The number of para-hydroxylation sites is 1. The van der Waals surface area contributed by atoms with Crippen LogP contribution in [-0.2, 0) is 0 Å². The summed E-state index contributed by atoms with van der Waals surface area (Å²) in [4.78, 5) is 20.5. The summed E-state index contributed by atoms with van der Waals surface area (Å²) in [5.41, 5.74) is 0.737. The zero-order valence-electron chi connectivity index (χ0n) is 12.9. The van der Waals surface area contributed by atoms with E-state index in [1.165, 1.54) is 6.20 Å². The third kappa shape index (κ3) is 3.88. The van der Waals surface area contributed by atoms with Crippen LogP contribution in [0, 0.1) is 6.92 Å². The van der Waals surface area contributed by atoms with Gasteiger partial charge in [0, 0.05) is 11.2 Å². The smallest absolute Gasteiger partial charge is 0.274 e. The molecule has 0 unspecified atom stereocenters. The summed E-state index contributed by atoms with van der Waals surface area (Å²) in [5.74, 6) is 1.31. The van der Waals surface area contributed by atoms with Crippen LogP contribution in [0.4, 0.5) is 5.69 Å². The average molecular weight is 340 g/mol. The Morgan fingerprint density at radius 2 is 1.92 bits per heavy atom. The van der Waals surface area contributed by atoms with E-state index >= 15 is 0 Å². The van der Waals surface area contributed by atoms with Gasteiger partial charge in [-0.1, -0.05) is 29.8 Å². The quantitative estimate of drug-likeness (QED) is 0.761. The van der Waals surface area contributed by atoms with Crippen LogP contribution in [0.25, 0.3) is 0 Å². The Balaban J connectivity index is 1.87. The zero-order valence-corrected chi connectivity index (χ0v) is 13.6. The molecule has 3 rings (SSSR count). The van der Waals surface area contributed by atoms with E-state index in [4.69, 9.17) is 16.3 Å². The molecule has 0 aliphatic rings. The molecule has 0 spiro atoms. The van der Waals surface area contributed by atoms with Crippen LogP contribution in [0.3, 0.4) is 0 Å². The van der Waals surface area contributed by atoms with E-state index in [1.54, 1.807) is 31.2 Å². The van der Waals surface area contributed by atoms with Gasteiger partial charge in [-0.15, -0.1) is 0 Å². The maximum Gasteiger partial charge on any atom is 0.274 e. The third-order valence-corrected chi connectivity index (χ3v) is 3.40. The number of amides is 1. The number of rotatable bonds is 4. The number of carbonyl (C=O) groups is 1. The van der Waals surface area contributed by atoms with Crippen molar-refractivity contribution in [1.82, 2.24) is 9.97 Å². The Kier molecular flexibility index (Phi) is 4.72. The lowest BCUT2D eigenvalue weighted by atomic mass is 10.2. The first-order valence-corrected chi connectivity index (χ1v) is 7.63. The number of nitrogens with zero attached hydrogens (tertiary/aromatic N) is 2. The van der Waals surface area contributed by atoms with Gasteiger partial charge in [0.25, 0.3) is 5.91 Å². The number of nitrogens with one attached hydrogen (secondary N) is 1. The molecule has 24 heavy (non-hydrogen) atoms. The number of aryl methyl sites for hydroxylation is 1. The van der Waals surface area contributed by atoms with Crippen molar-refractivity contribution < 1.29 is 9.53 Å². The first-order valence-electron chi connectivity index (χ1n) is 7.25. The Hall–Kier alpha value is -2.92. The van der Waals surface area contributed by atoms with Crippen molar-refractivity contribution in [1.29, 1.82) is 0 Å². The number of anilines is 1. The number of ether oxygens (including phenoxy) is 1. The van der Waals surface area contributed by atoms with Gasteiger partial charge in [-0.3, -0.25) is 4.79 Å². The molecular weight excluding hydrogens is 326 g/mol. The van der Waals surface area contributed by atoms with Crippen LogP contribution < -0.4 is 10.1 Å². The van der Waals surface area contributed by atoms with Gasteiger partial charge in [-0.2, -0.15) is 0 Å². The van der Waals surface area contributed by atoms with Gasteiger partial charge in [-0.05, 0) is 43.3 Å². The number of carbonyl (C=O) groups excluding carboxylic acids is 1. The topological polar surface area (TPSA) is 64.1 Å². The molecule has 2 aromatic carbocycles. The fourth-order valence-corrected chi connectivity index (χ4v) is 2.25. The highest BCUT2D eigenvalue weighted by Crippen LogP contribution is 2.32. The van der Waals surface area contributed by atoms with Crippen LogP contribution in [0.1, 0.15) is 16.3 Å². The molecule has 0 aliphatic carbocycles. The molecule has 0 bridgehead atoms. The van der Waals surface area contributed by atoms with Crippen molar-refractivity contribution in [2.75, 3.05) is 5.32 Å². The molecule has 0 aliphatic heterocycles. The maximum absolute atomic E-state index is 12.4. The van der Waals surface area contributed by atoms with Gasteiger partial charge in [0.15, 0.2) is 5.75 Å². The molecule has 0 fully saturated rings. The highest BCUT2D eigenvalue weighted by molar-refractivity contribution is 6.31. The largest absolute Gasteiger partial charge is 0.455 e. The van der Waals surface area contributed by atoms with Crippen LogP contribution in [0.15, 0.2) is 60.8 Å². The van der Waals surface area contributed by atoms with Crippen LogP contribution in [-0.4, -0.2) is 15.9 Å². The second kappa shape index (κ2) is 7.10. The number of aromatic nitrogens is 2. The van der Waals surface area contributed by atoms with E-state index in [-0.39, 0.29) is 11.6 Å². The fraction of sp³-hybridized carbons (Fsp3) is 0.0556. The lowest BCUT2D eigenvalue weighted by molar-refractivity contribution is 0.102. The summed E-state index contributed by atoms with van der Waals surface area (Å²) in [6, 6.07) is 15.9. The standard InChI is InChI=1S/C18H14ClN3O2/c1-12-20-10-9-15(21-12)18(23)22-16-11-13(19)7-8-17(16)24-14-5-3-2-4-6-14/h2-11H,1H3,(H,22,23). The molecule has 6 heteroatoms. The molecule has 1 amide bonds. The highest BCUT2D eigenvalue weighted by Gasteiger charge is 2.13. The van der Waals surface area contributed by atoms with Gasteiger partial charge in [0.05, 0.1) is 5.69 Å². The normalized spacial score (nSPS) is 10.2. The Morgan fingerprint density at radius 1 is 1.12 bits per heavy atom. The lowest BCUT2D eigenvalue weighted by Crippen LogP contribution is -2.15. The minimum Gasteiger partial charge on any atom is -0.455 e. The zero-order chi connectivity index (χ0) is 16.9. The second-order valence-corrected chi connectivity index (χ2v) is 5.44. The molecule has 1 heterocycles. The van der Waals surface area contributed by atoms with Gasteiger partial charge in [0.2, 0.25) is 0 Å². The fourth-order valence-electron chi connectivity index (χ4n) is 2.07. The van der Waals surface area contributed by atoms with Crippen molar-refractivity contribution in [2.24, 2.45) is 0 Å². The molecule has 0 saturated heterocycles. The molecule has 0 radical (unpaired) electrons. The molecule has 1 aromatic heterocycles. The van der Waals surface area contributed by atoms with E-state index in [0.29, 0.717) is 28.0 Å². The second-order valence-electron chi connectivity index (χ2n) is 5.00. The first-order chi connectivity index (χ1) is 11.6. The Morgan fingerprint density at radius 3 is 2.67 bits per heavy atom. The van der Waals surface area contributed by atoms with Gasteiger partial charge >= 0.3 is 0 Å². The molecule has 120 valence electrons. The van der Waals surface area contributed by atoms with E-state index in [9.17, 15) is 4.79 Å². The SMILES string of the molecule is Cc1nccc(C(=O)Nc2cc(Cl)ccc2Oc2ccccc2)n1. The maximum atomic E-state index is 12.4. The van der Waals surface area contributed by atoms with E-state index in [1.807, 2.05) is 30.3 Å². The third-order valence-electron chi connectivity index (χ3n) is 3.17. The molecule has 3 aromatic rings. The summed E-state index contributed by atoms with van der Waals surface area (Å²) < 4.78 is 5.82. The summed E-state index contributed by atoms with van der Waals surface area (Å²) >= 11 is 6.04. The Bertz CT molecular complexity index is 869. The van der Waals surface area contributed by atoms with Gasteiger partial charge in [0.1, 0.15) is 17.3 Å². The summed E-state index contributed by atoms with van der Waals surface area (Å²) in [5, 5.41) is 3.27. The van der Waals surface area contributed by atoms with Crippen LogP contribution in [0.2, 0.25) is 5.02 Å². The Labute approximate surface area is 144 Å². The predicted octanol–water partition coefficient (Wildman–Crippen LogP) is 4.48. The molecule has 1 N–H and O–H groups in total. The highest BCUT2D eigenvalue weighted by atomic mass is 35.5. The number of hydrogen-bond donors (Lipinski definition) is 1. The van der Waals surface area contributed by atoms with Crippen molar-refractivity contribution in [2.45, 2.75) is 6.92 Å². The van der Waals surface area contributed by atoms with E-state index in [0.717, 1.165) is 0 Å². The van der Waals surface area contributed by atoms with Crippen molar-refractivity contribution in [3.63, 3.8) is 0 Å². The molecule has 0 saturated carbocycles. The molecular formula is C18H14ClN3O2. The van der Waals surface area contributed by atoms with Gasteiger partial charge < -0.3 is 10.1 Å². The predicted molar refractivity (Wildman–Crippen MR) is 92.7 cm³/mol. The van der Waals surface area contributed by atoms with Crippen LogP contribution in [0.5, 0.6) is 11.5 Å². The van der Waals surface area contributed by atoms with Crippen LogP contribution >= 0.6 is 11.6 Å². The minimum atomic E-state index is -0.360. The summed E-state index contributed by atoms with van der Waals surface area (Å²) in [6.07, 6.45) is 1.54. The van der Waals surface area contributed by atoms with Crippen molar-refractivity contribution in [3.05, 3.63) is 77.3 Å². The molecule has 5 nitrogen and oxygen atoms in total. The monoisotopic (exact) mass is 339 g/mol. The van der Waals surface area contributed by atoms with Gasteiger partial charge in [-0.25, -0.2) is 9.97 Å². The van der Waals surface area contributed by atoms with E-state index < -0.39 is 0 Å². The summed E-state index contributed by atoms with van der Waals surface area (Å²) in [6.45, 7) is 1.72. The summed E-state index contributed by atoms with van der Waals surface area (Å²) in [7, 11) is 0. The lowest BCUT2D eigenvalue weighted by Gasteiger charge is -2.12. The van der Waals surface area contributed by atoms with Crippen molar-refractivity contribution >= 4 is 23.2 Å². The number of hydrogen-bond acceptors (Lipinski definition) is 4. The first kappa shape index (κ1) is 16.0. The van der Waals surface area contributed by atoms with Crippen molar-refractivity contribution in [3.8, 4) is 11.5 Å². The minimum absolute atomic E-state index is 0.271. The number of halogens is 1. The molecule has 0 atom stereocenters. The average Bonchev–Trinajstić information content (AvgIpc) is 2.58. The van der Waals surface area contributed by atoms with E-state index in [2.05, 4.69) is 15.3 Å². The number of benzene rings is 2.